The second-order valence-corrected chi connectivity index (χ2v) is 5.44. The number of carbonyl (C=O) groups is 2. The number of rotatable bonds is 7. The van der Waals surface area contributed by atoms with Gasteiger partial charge in [0.2, 0.25) is 0 Å². The summed E-state index contributed by atoms with van der Waals surface area (Å²) >= 11 is 0. The molecule has 116 valence electrons. The van der Waals surface area contributed by atoms with Gasteiger partial charge in [-0.15, -0.1) is 0 Å². The van der Waals surface area contributed by atoms with Gasteiger partial charge in [0.1, 0.15) is 0 Å². The molecule has 0 aromatic heterocycles. The third-order valence-corrected chi connectivity index (χ3v) is 3.81. The van der Waals surface area contributed by atoms with Gasteiger partial charge in [-0.3, -0.25) is 4.79 Å². The summed E-state index contributed by atoms with van der Waals surface area (Å²) in [6.45, 7) is 2.36. The Kier molecular flexibility index (Phi) is 7.36. The van der Waals surface area contributed by atoms with Crippen LogP contribution in [0.15, 0.2) is 0 Å². The molecule has 2 amide bonds. The molecular weight excluding hydrogens is 258 g/mol. The standard InChI is InChI=1S/C14H27N3O3/c1-15-9-5-10-16(2)14(20)17-11-4-3-6-12(17)7-8-13(18)19/h12,15H,3-11H2,1-2H3,(H,18,19). The molecule has 6 heteroatoms. The van der Waals surface area contributed by atoms with E-state index >= 15 is 0 Å². The number of urea groups is 1. The molecule has 0 saturated carbocycles. The van der Waals surface area contributed by atoms with Gasteiger partial charge in [0.15, 0.2) is 0 Å². The smallest absolute Gasteiger partial charge is 0.319 e. The van der Waals surface area contributed by atoms with Crippen molar-refractivity contribution in [1.82, 2.24) is 15.1 Å². The van der Waals surface area contributed by atoms with Crippen LogP contribution in [-0.2, 0) is 4.79 Å². The van der Waals surface area contributed by atoms with Crippen molar-refractivity contribution >= 4 is 12.0 Å². The summed E-state index contributed by atoms with van der Waals surface area (Å²) in [5.74, 6) is -0.787. The van der Waals surface area contributed by atoms with Gasteiger partial charge >= 0.3 is 12.0 Å². The minimum absolute atomic E-state index is 0.0381. The Labute approximate surface area is 121 Å². The number of likely N-dealkylation sites (tertiary alicyclic amines) is 1. The van der Waals surface area contributed by atoms with Gasteiger partial charge in [-0.2, -0.15) is 0 Å². The molecule has 20 heavy (non-hydrogen) atoms. The summed E-state index contributed by atoms with van der Waals surface area (Å²) in [6, 6.07) is 0.121. The average molecular weight is 285 g/mol. The van der Waals surface area contributed by atoms with E-state index in [2.05, 4.69) is 5.32 Å². The first-order chi connectivity index (χ1) is 9.56. The first kappa shape index (κ1) is 16.8. The zero-order valence-electron chi connectivity index (χ0n) is 12.6. The number of carboxylic acids is 1. The van der Waals surface area contributed by atoms with E-state index in [0.29, 0.717) is 6.42 Å². The number of hydrogen-bond donors (Lipinski definition) is 2. The van der Waals surface area contributed by atoms with Crippen molar-refractivity contribution in [2.75, 3.05) is 33.7 Å². The molecule has 0 bridgehead atoms. The molecule has 1 aliphatic heterocycles. The Morgan fingerprint density at radius 2 is 2.15 bits per heavy atom. The zero-order valence-corrected chi connectivity index (χ0v) is 12.6. The fourth-order valence-corrected chi connectivity index (χ4v) is 2.65. The molecule has 1 aliphatic rings. The monoisotopic (exact) mass is 285 g/mol. The third-order valence-electron chi connectivity index (χ3n) is 3.81. The first-order valence-corrected chi connectivity index (χ1v) is 7.44. The van der Waals surface area contributed by atoms with E-state index < -0.39 is 5.97 Å². The maximum Gasteiger partial charge on any atom is 0.319 e. The summed E-state index contributed by atoms with van der Waals surface area (Å²) in [7, 11) is 3.72. The van der Waals surface area contributed by atoms with Crippen LogP contribution in [-0.4, -0.2) is 66.7 Å². The van der Waals surface area contributed by atoms with Crippen molar-refractivity contribution in [3.05, 3.63) is 0 Å². The third kappa shape index (κ3) is 5.36. The quantitative estimate of drug-likeness (QED) is 0.693. The lowest BCUT2D eigenvalue weighted by molar-refractivity contribution is -0.137. The van der Waals surface area contributed by atoms with Crippen LogP contribution in [0.3, 0.4) is 0 Å². The van der Waals surface area contributed by atoms with Crippen LogP contribution in [0.25, 0.3) is 0 Å². The van der Waals surface area contributed by atoms with Crippen molar-refractivity contribution in [2.24, 2.45) is 0 Å². The molecule has 0 radical (unpaired) electrons. The lowest BCUT2D eigenvalue weighted by Gasteiger charge is -2.38. The molecule has 1 unspecified atom stereocenters. The number of hydrogen-bond acceptors (Lipinski definition) is 3. The van der Waals surface area contributed by atoms with Crippen LogP contribution in [0.5, 0.6) is 0 Å². The zero-order chi connectivity index (χ0) is 15.0. The van der Waals surface area contributed by atoms with Crippen molar-refractivity contribution in [2.45, 2.75) is 44.6 Å². The lowest BCUT2D eigenvalue weighted by atomic mass is 9.98. The van der Waals surface area contributed by atoms with Gasteiger partial charge in [-0.05, 0) is 45.7 Å². The molecule has 0 aromatic rings. The Hall–Kier alpha value is -1.30. The van der Waals surface area contributed by atoms with Crippen LogP contribution in [0.4, 0.5) is 4.79 Å². The molecule has 0 aliphatic carbocycles. The van der Waals surface area contributed by atoms with Crippen molar-refractivity contribution < 1.29 is 14.7 Å². The minimum Gasteiger partial charge on any atom is -0.481 e. The van der Waals surface area contributed by atoms with Crippen LogP contribution >= 0.6 is 0 Å². The van der Waals surface area contributed by atoms with Crippen LogP contribution in [0.1, 0.15) is 38.5 Å². The number of nitrogens with zero attached hydrogens (tertiary/aromatic N) is 2. The second kappa shape index (κ2) is 8.79. The van der Waals surface area contributed by atoms with Crippen LogP contribution in [0, 0.1) is 0 Å². The van der Waals surface area contributed by atoms with Gasteiger partial charge < -0.3 is 20.2 Å². The number of nitrogens with one attached hydrogen (secondary N) is 1. The van der Waals surface area contributed by atoms with Crippen molar-refractivity contribution in [1.29, 1.82) is 0 Å². The van der Waals surface area contributed by atoms with E-state index in [0.717, 1.165) is 45.3 Å². The highest BCUT2D eigenvalue weighted by atomic mass is 16.4. The summed E-state index contributed by atoms with van der Waals surface area (Å²) in [5.41, 5.74) is 0. The molecule has 1 rings (SSSR count). The number of carbonyl (C=O) groups excluding carboxylic acids is 1. The lowest BCUT2D eigenvalue weighted by Crippen LogP contribution is -2.49. The number of carboxylic acid groups (broad SMARTS) is 1. The highest BCUT2D eigenvalue weighted by Gasteiger charge is 2.28. The van der Waals surface area contributed by atoms with E-state index in [1.807, 2.05) is 19.0 Å². The van der Waals surface area contributed by atoms with Crippen LogP contribution < -0.4 is 5.32 Å². The Morgan fingerprint density at radius 3 is 2.80 bits per heavy atom. The Morgan fingerprint density at radius 1 is 1.40 bits per heavy atom. The van der Waals surface area contributed by atoms with Crippen LogP contribution in [0.2, 0.25) is 0 Å². The molecule has 1 fully saturated rings. The molecular formula is C14H27N3O3. The highest BCUT2D eigenvalue weighted by molar-refractivity contribution is 5.74. The summed E-state index contributed by atoms with van der Waals surface area (Å²) in [4.78, 5) is 26.8. The number of amides is 2. The predicted molar refractivity (Wildman–Crippen MR) is 77.8 cm³/mol. The number of piperidine rings is 1. The fraction of sp³-hybridized carbons (Fsp3) is 0.857. The summed E-state index contributed by atoms with van der Waals surface area (Å²) in [6.07, 6.45) is 4.64. The van der Waals surface area contributed by atoms with E-state index in [9.17, 15) is 9.59 Å². The van der Waals surface area contributed by atoms with Gasteiger partial charge in [0.05, 0.1) is 0 Å². The Bertz CT molecular complexity index is 323. The topological polar surface area (TPSA) is 72.9 Å². The maximum absolute atomic E-state index is 12.4. The van der Waals surface area contributed by atoms with Gasteiger partial charge in [0.25, 0.3) is 0 Å². The molecule has 0 spiro atoms. The second-order valence-electron chi connectivity index (χ2n) is 5.44. The number of aliphatic carboxylic acids is 1. The summed E-state index contributed by atoms with van der Waals surface area (Å²) in [5, 5.41) is 11.9. The molecule has 2 N–H and O–H groups in total. The van der Waals surface area contributed by atoms with Crippen molar-refractivity contribution in [3.8, 4) is 0 Å². The maximum atomic E-state index is 12.4. The largest absolute Gasteiger partial charge is 0.481 e. The van der Waals surface area contributed by atoms with E-state index in [-0.39, 0.29) is 18.5 Å². The molecule has 0 aromatic carbocycles. The van der Waals surface area contributed by atoms with Gasteiger partial charge in [-0.1, -0.05) is 0 Å². The predicted octanol–water partition coefficient (Wildman–Crippen LogP) is 1.37. The van der Waals surface area contributed by atoms with E-state index in [4.69, 9.17) is 5.11 Å². The van der Waals surface area contributed by atoms with Gasteiger partial charge in [-0.25, -0.2) is 4.79 Å². The molecule has 1 atom stereocenters. The minimum atomic E-state index is -0.787. The summed E-state index contributed by atoms with van der Waals surface area (Å²) < 4.78 is 0. The first-order valence-electron chi connectivity index (χ1n) is 7.44. The van der Waals surface area contributed by atoms with Crippen molar-refractivity contribution in [3.63, 3.8) is 0 Å². The van der Waals surface area contributed by atoms with E-state index in [1.165, 1.54) is 0 Å². The Balaban J connectivity index is 2.50. The fourth-order valence-electron chi connectivity index (χ4n) is 2.65. The van der Waals surface area contributed by atoms with Gasteiger partial charge in [0, 0.05) is 32.6 Å². The molecule has 1 heterocycles. The molecule has 6 nitrogen and oxygen atoms in total. The SMILES string of the molecule is CNCCCN(C)C(=O)N1CCCCC1CCC(=O)O. The normalized spacial score (nSPS) is 18.9. The molecule has 1 saturated heterocycles. The average Bonchev–Trinajstić information content (AvgIpc) is 2.44. The van der Waals surface area contributed by atoms with E-state index in [1.54, 1.807) is 4.90 Å². The highest BCUT2D eigenvalue weighted by Crippen LogP contribution is 2.22.